The number of hydrogen-bond donors (Lipinski definition) is 1. The van der Waals surface area contributed by atoms with Crippen LogP contribution < -0.4 is 0 Å². The Morgan fingerprint density at radius 3 is 2.90 bits per heavy atom. The first kappa shape index (κ1) is 7.38. The lowest BCUT2D eigenvalue weighted by molar-refractivity contribution is 0.457. The number of aromatic hydroxyl groups is 1. The number of nitriles is 1. The highest BCUT2D eigenvalue weighted by atomic mass is 32.2. The van der Waals surface area contributed by atoms with Gasteiger partial charge in [-0.05, 0) is 11.5 Å². The van der Waals surface area contributed by atoms with Crippen molar-refractivity contribution in [3.63, 3.8) is 0 Å². The van der Waals surface area contributed by atoms with E-state index in [4.69, 9.17) is 10.4 Å². The topological polar surface area (TPSA) is 56.9 Å². The lowest BCUT2D eigenvalue weighted by Gasteiger charge is -1.84. The summed E-state index contributed by atoms with van der Waals surface area (Å²) in [5.74, 6) is -0.196. The Hall–Kier alpha value is -0.730. The lowest BCUT2D eigenvalue weighted by Crippen LogP contribution is -1.69. The summed E-state index contributed by atoms with van der Waals surface area (Å²) in [7, 11) is 0. The molecular formula is C5H3N2OS2. The van der Waals surface area contributed by atoms with Gasteiger partial charge in [-0.15, -0.1) is 11.8 Å². The van der Waals surface area contributed by atoms with E-state index in [2.05, 4.69) is 10.6 Å². The molecular weight excluding hydrogens is 168 g/mol. The molecule has 0 aromatic carbocycles. The first-order valence-electron chi connectivity index (χ1n) is 2.30. The fourth-order valence-corrected chi connectivity index (χ4v) is 1.55. The molecule has 1 rings (SSSR count). The Morgan fingerprint density at radius 2 is 2.50 bits per heavy atom. The molecule has 3 nitrogen and oxygen atoms in total. The predicted molar refractivity (Wildman–Crippen MR) is 39.7 cm³/mol. The summed E-state index contributed by atoms with van der Waals surface area (Å²) in [5, 5.41) is 17.3. The van der Waals surface area contributed by atoms with Crippen LogP contribution in [0.1, 0.15) is 5.56 Å². The van der Waals surface area contributed by atoms with Crippen molar-refractivity contribution in [2.24, 2.45) is 0 Å². The van der Waals surface area contributed by atoms with Crippen molar-refractivity contribution in [2.75, 3.05) is 0 Å². The molecule has 51 valence electrons. The first-order valence-corrected chi connectivity index (χ1v) is 4.06. The Morgan fingerprint density at radius 1 is 1.80 bits per heavy atom. The fourth-order valence-electron chi connectivity index (χ4n) is 0.461. The zero-order valence-corrected chi connectivity index (χ0v) is 6.50. The van der Waals surface area contributed by atoms with E-state index in [9.17, 15) is 0 Å². The van der Waals surface area contributed by atoms with Gasteiger partial charge in [-0.2, -0.15) is 9.64 Å². The van der Waals surface area contributed by atoms with E-state index < -0.39 is 0 Å². The second kappa shape index (κ2) is 2.90. The molecule has 0 bridgehead atoms. The number of rotatable bonds is 1. The van der Waals surface area contributed by atoms with Crippen LogP contribution in [-0.2, 0) is 0 Å². The van der Waals surface area contributed by atoms with E-state index in [1.54, 1.807) is 0 Å². The van der Waals surface area contributed by atoms with Crippen LogP contribution in [0.4, 0.5) is 0 Å². The summed E-state index contributed by atoms with van der Waals surface area (Å²) in [6.45, 7) is 0. The number of thioether (sulfide) groups is 1. The molecule has 1 N–H and O–H groups in total. The number of aromatic nitrogens is 1. The second-order valence-electron chi connectivity index (χ2n) is 1.42. The third-order valence-corrected chi connectivity index (χ3v) is 2.56. The zero-order valence-electron chi connectivity index (χ0n) is 4.87. The third-order valence-electron chi connectivity index (χ3n) is 0.886. The molecule has 0 saturated carbocycles. The van der Waals surface area contributed by atoms with Crippen LogP contribution in [0.15, 0.2) is 4.21 Å². The van der Waals surface area contributed by atoms with E-state index in [1.165, 1.54) is 0 Å². The third kappa shape index (κ3) is 1.08. The van der Waals surface area contributed by atoms with Gasteiger partial charge >= 0.3 is 0 Å². The summed E-state index contributed by atoms with van der Waals surface area (Å²) >= 11 is 2.24. The molecule has 10 heavy (non-hydrogen) atoms. The zero-order chi connectivity index (χ0) is 7.56. The maximum Gasteiger partial charge on any atom is 0.242 e. The summed E-state index contributed by atoms with van der Waals surface area (Å²) in [5.41, 5.74) is 0.227. The lowest BCUT2D eigenvalue weighted by atomic mass is 10.4. The Bertz CT molecular complexity index is 276. The van der Waals surface area contributed by atoms with E-state index >= 15 is 0 Å². The standard InChI is InChI=1S/C5H3N2OS2/c1-9-5-3(2-6)4(8)7-10-5/h1H2,(H,7,8). The number of hydrogen-bond acceptors (Lipinski definition) is 5. The van der Waals surface area contributed by atoms with Crippen LogP contribution >= 0.6 is 23.3 Å². The van der Waals surface area contributed by atoms with Gasteiger partial charge in [0.05, 0.1) is 0 Å². The van der Waals surface area contributed by atoms with Crippen molar-refractivity contribution in [3.8, 4) is 11.9 Å². The molecule has 1 radical (unpaired) electrons. The van der Waals surface area contributed by atoms with Crippen molar-refractivity contribution in [2.45, 2.75) is 4.21 Å². The van der Waals surface area contributed by atoms with E-state index in [-0.39, 0.29) is 11.4 Å². The quantitative estimate of drug-likeness (QED) is 0.652. The van der Waals surface area contributed by atoms with Gasteiger partial charge in [0, 0.05) is 6.26 Å². The molecule has 0 unspecified atom stereocenters. The molecule has 0 aliphatic rings. The Kier molecular flexibility index (Phi) is 2.14. The largest absolute Gasteiger partial charge is 0.492 e. The average molecular weight is 171 g/mol. The molecule has 1 aromatic rings. The summed E-state index contributed by atoms with van der Waals surface area (Å²) in [4.78, 5) is 0. The van der Waals surface area contributed by atoms with Crippen LogP contribution in [0.5, 0.6) is 5.88 Å². The minimum Gasteiger partial charge on any atom is -0.492 e. The average Bonchev–Trinajstić information content (AvgIpc) is 2.30. The molecule has 1 aromatic heterocycles. The number of nitrogens with zero attached hydrogens (tertiary/aromatic N) is 2. The molecule has 5 heteroatoms. The second-order valence-corrected chi connectivity index (χ2v) is 3.15. The summed E-state index contributed by atoms with van der Waals surface area (Å²) in [6, 6.07) is 1.83. The van der Waals surface area contributed by atoms with Crippen molar-refractivity contribution < 1.29 is 5.11 Å². The van der Waals surface area contributed by atoms with Crippen LogP contribution in [0.25, 0.3) is 0 Å². The van der Waals surface area contributed by atoms with Gasteiger partial charge in [-0.1, -0.05) is 0 Å². The molecule has 0 aliphatic carbocycles. The molecule has 0 fully saturated rings. The molecule has 1 heterocycles. The molecule has 0 spiro atoms. The summed E-state index contributed by atoms with van der Waals surface area (Å²) < 4.78 is 4.22. The van der Waals surface area contributed by atoms with Crippen molar-refractivity contribution in [1.29, 1.82) is 5.26 Å². The Balaban J connectivity index is 3.17. The van der Waals surface area contributed by atoms with Gasteiger partial charge < -0.3 is 5.11 Å². The maximum absolute atomic E-state index is 8.90. The van der Waals surface area contributed by atoms with Crippen molar-refractivity contribution >= 4 is 23.3 Å². The van der Waals surface area contributed by atoms with Crippen LogP contribution in [-0.4, -0.2) is 9.48 Å². The smallest absolute Gasteiger partial charge is 0.242 e. The van der Waals surface area contributed by atoms with Crippen LogP contribution in [0, 0.1) is 17.6 Å². The predicted octanol–water partition coefficient (Wildman–Crippen LogP) is 1.60. The fraction of sp³-hybridized carbons (Fsp3) is 0. The SMILES string of the molecule is [CH2]Sc1snc(O)c1C#N. The van der Waals surface area contributed by atoms with Gasteiger partial charge in [0.1, 0.15) is 15.8 Å². The highest BCUT2D eigenvalue weighted by Crippen LogP contribution is 2.31. The maximum atomic E-state index is 8.90. The van der Waals surface area contributed by atoms with Crippen LogP contribution in [0.3, 0.4) is 0 Å². The first-order chi connectivity index (χ1) is 4.79. The van der Waals surface area contributed by atoms with Crippen molar-refractivity contribution in [3.05, 3.63) is 11.8 Å². The minimum atomic E-state index is -0.196. The van der Waals surface area contributed by atoms with Gasteiger partial charge in [0.2, 0.25) is 5.88 Å². The van der Waals surface area contributed by atoms with E-state index in [0.717, 1.165) is 23.3 Å². The highest BCUT2D eigenvalue weighted by Gasteiger charge is 2.10. The molecule has 0 aliphatic heterocycles. The van der Waals surface area contributed by atoms with Gasteiger partial charge in [0.25, 0.3) is 0 Å². The van der Waals surface area contributed by atoms with Crippen LogP contribution in [0.2, 0.25) is 0 Å². The summed E-state index contributed by atoms with van der Waals surface area (Å²) in [6.07, 6.45) is 3.50. The highest BCUT2D eigenvalue weighted by molar-refractivity contribution is 8.02. The normalized spacial score (nSPS) is 9.20. The molecule has 0 saturated heterocycles. The Labute approximate surface area is 66.5 Å². The van der Waals surface area contributed by atoms with E-state index in [1.807, 2.05) is 6.07 Å². The molecule has 0 amide bonds. The van der Waals surface area contributed by atoms with Gasteiger partial charge in [-0.25, -0.2) is 0 Å². The van der Waals surface area contributed by atoms with Crippen molar-refractivity contribution in [1.82, 2.24) is 4.37 Å². The monoisotopic (exact) mass is 171 g/mol. The minimum absolute atomic E-state index is 0.196. The molecule has 0 atom stereocenters. The van der Waals surface area contributed by atoms with E-state index in [0.29, 0.717) is 4.21 Å². The van der Waals surface area contributed by atoms with Gasteiger partial charge in [-0.3, -0.25) is 0 Å². The van der Waals surface area contributed by atoms with Gasteiger partial charge in [0.15, 0.2) is 0 Å².